The van der Waals surface area contributed by atoms with Crippen LogP contribution in [0.1, 0.15) is 60.8 Å². The quantitative estimate of drug-likeness (QED) is 0.350. The van der Waals surface area contributed by atoms with Crippen LogP contribution in [-0.2, 0) is 38.2 Å². The smallest absolute Gasteiger partial charge is 0.303 e. The Morgan fingerprint density at radius 3 is 2.03 bits per heavy atom. The van der Waals surface area contributed by atoms with E-state index in [1.54, 1.807) is 0 Å². The van der Waals surface area contributed by atoms with Crippen molar-refractivity contribution in [2.45, 2.75) is 79.1 Å². The zero-order chi connectivity index (χ0) is 25.3. The molecule has 0 aromatic carbocycles. The monoisotopic (exact) mass is 472 g/mol. The minimum absolute atomic E-state index is 0.0738. The van der Waals surface area contributed by atoms with Crippen LogP contribution < -0.4 is 0 Å². The number of ether oxygens (including phenoxy) is 3. The molecule has 0 saturated heterocycles. The lowest BCUT2D eigenvalue weighted by Crippen LogP contribution is -2.62. The molecule has 34 heavy (non-hydrogen) atoms. The maximum Gasteiger partial charge on any atom is 0.303 e. The number of ketones is 2. The van der Waals surface area contributed by atoms with Gasteiger partial charge in [-0.25, -0.2) is 0 Å². The first-order chi connectivity index (χ1) is 15.8. The molecule has 0 heterocycles. The summed E-state index contributed by atoms with van der Waals surface area (Å²) in [5.41, 5.74) is -1.02. The molecule has 2 fully saturated rings. The van der Waals surface area contributed by atoms with Crippen LogP contribution in [0.4, 0.5) is 0 Å². The van der Waals surface area contributed by atoms with Gasteiger partial charge < -0.3 is 14.2 Å². The summed E-state index contributed by atoms with van der Waals surface area (Å²) in [6, 6.07) is 0. The van der Waals surface area contributed by atoms with Crippen molar-refractivity contribution in [2.24, 2.45) is 28.6 Å². The summed E-state index contributed by atoms with van der Waals surface area (Å²) in [5, 5.41) is 0. The molecular formula is C26H32O8. The fourth-order valence-electron chi connectivity index (χ4n) is 6.69. The number of hydrogen-bond donors (Lipinski definition) is 0. The molecule has 8 nitrogen and oxygen atoms in total. The van der Waals surface area contributed by atoms with Crippen molar-refractivity contribution in [3.8, 4) is 0 Å². The van der Waals surface area contributed by atoms with Crippen molar-refractivity contribution < 1.29 is 38.2 Å². The Bertz CT molecular complexity index is 1050. The predicted octanol–water partition coefficient (Wildman–Crippen LogP) is 2.88. The first-order valence-electron chi connectivity index (χ1n) is 11.8. The van der Waals surface area contributed by atoms with Gasteiger partial charge in [0.25, 0.3) is 0 Å². The van der Waals surface area contributed by atoms with E-state index in [9.17, 15) is 24.0 Å². The minimum Gasteiger partial charge on any atom is -0.458 e. The number of carbonyl (C=O) groups is 5. The first-order valence-corrected chi connectivity index (χ1v) is 11.8. The van der Waals surface area contributed by atoms with Crippen LogP contribution in [-0.4, -0.2) is 47.8 Å². The van der Waals surface area contributed by atoms with Gasteiger partial charge in [0.1, 0.15) is 0 Å². The fraction of sp³-hybridized carbons (Fsp3) is 0.654. The van der Waals surface area contributed by atoms with E-state index in [-0.39, 0.29) is 28.8 Å². The van der Waals surface area contributed by atoms with E-state index in [0.717, 1.165) is 12.0 Å². The van der Waals surface area contributed by atoms with Gasteiger partial charge in [-0.3, -0.25) is 24.0 Å². The third kappa shape index (κ3) is 3.28. The van der Waals surface area contributed by atoms with Crippen molar-refractivity contribution in [3.63, 3.8) is 0 Å². The van der Waals surface area contributed by atoms with Gasteiger partial charge in [-0.1, -0.05) is 32.9 Å². The molecule has 184 valence electrons. The van der Waals surface area contributed by atoms with Gasteiger partial charge in [0.15, 0.2) is 24.1 Å². The highest BCUT2D eigenvalue weighted by Crippen LogP contribution is 2.66. The maximum absolute atomic E-state index is 14.1. The van der Waals surface area contributed by atoms with E-state index in [1.165, 1.54) is 20.8 Å². The van der Waals surface area contributed by atoms with Gasteiger partial charge in [0.2, 0.25) is 5.78 Å². The summed E-state index contributed by atoms with van der Waals surface area (Å²) in [4.78, 5) is 64.5. The van der Waals surface area contributed by atoms with E-state index in [4.69, 9.17) is 14.2 Å². The lowest BCUT2D eigenvalue weighted by atomic mass is 9.50. The van der Waals surface area contributed by atoms with Crippen molar-refractivity contribution in [3.05, 3.63) is 23.3 Å². The normalized spacial score (nSPS) is 40.9. The predicted molar refractivity (Wildman–Crippen MR) is 119 cm³/mol. The van der Waals surface area contributed by atoms with Gasteiger partial charge in [-0.2, -0.15) is 0 Å². The number of esters is 3. The SMILES string of the molecule is C=C1[C@H](C)CC[C@]2(C)C3=C(C(=O)[C@]4(C[C@@H]4C)[C@H](OC(C)=O)C3=O)[C@H](OC(C)=O)[C@@H](OC(C)=O)[C@H]12. The highest BCUT2D eigenvalue weighted by atomic mass is 16.6. The highest BCUT2D eigenvalue weighted by molar-refractivity contribution is 6.20. The van der Waals surface area contributed by atoms with E-state index >= 15 is 0 Å². The van der Waals surface area contributed by atoms with Crippen molar-refractivity contribution in [1.29, 1.82) is 0 Å². The summed E-state index contributed by atoms with van der Waals surface area (Å²) < 4.78 is 16.9. The maximum atomic E-state index is 14.1. The first kappa shape index (κ1) is 24.4. The zero-order valence-electron chi connectivity index (χ0n) is 20.6. The third-order valence-corrected chi connectivity index (χ3v) is 8.43. The molecule has 8 atom stereocenters. The van der Waals surface area contributed by atoms with Gasteiger partial charge >= 0.3 is 17.9 Å². The summed E-state index contributed by atoms with van der Waals surface area (Å²) >= 11 is 0. The number of rotatable bonds is 3. The Morgan fingerprint density at radius 2 is 1.53 bits per heavy atom. The largest absolute Gasteiger partial charge is 0.458 e. The molecule has 0 radical (unpaired) electrons. The van der Waals surface area contributed by atoms with Crippen LogP contribution in [0.15, 0.2) is 23.3 Å². The Morgan fingerprint density at radius 1 is 0.971 bits per heavy atom. The number of Topliss-reactive ketones (excluding diaryl/α,β-unsaturated/α-hetero) is 2. The molecule has 0 aromatic heterocycles. The van der Waals surface area contributed by atoms with Crippen LogP contribution in [0.3, 0.4) is 0 Å². The Kier molecular flexibility index (Phi) is 5.65. The van der Waals surface area contributed by atoms with E-state index in [1.807, 2.05) is 20.8 Å². The lowest BCUT2D eigenvalue weighted by molar-refractivity contribution is -0.176. The minimum atomic E-state index is -1.24. The molecule has 0 aliphatic heterocycles. The van der Waals surface area contributed by atoms with Gasteiger partial charge in [0, 0.05) is 43.3 Å². The van der Waals surface area contributed by atoms with Crippen molar-refractivity contribution in [2.75, 3.05) is 0 Å². The van der Waals surface area contributed by atoms with Crippen LogP contribution in [0.2, 0.25) is 0 Å². The van der Waals surface area contributed by atoms with Crippen LogP contribution in [0.5, 0.6) is 0 Å². The van der Waals surface area contributed by atoms with Gasteiger partial charge in [-0.05, 0) is 31.1 Å². The summed E-state index contributed by atoms with van der Waals surface area (Å²) in [6.07, 6.45) is -1.82. The van der Waals surface area contributed by atoms with Gasteiger partial charge in [-0.15, -0.1) is 0 Å². The number of fused-ring (bicyclic) bond motifs is 2. The second kappa shape index (κ2) is 7.89. The van der Waals surface area contributed by atoms with Crippen LogP contribution >= 0.6 is 0 Å². The topological polar surface area (TPSA) is 113 Å². The van der Waals surface area contributed by atoms with Crippen LogP contribution in [0.25, 0.3) is 0 Å². The van der Waals surface area contributed by atoms with Crippen molar-refractivity contribution in [1.82, 2.24) is 0 Å². The highest BCUT2D eigenvalue weighted by Gasteiger charge is 2.73. The average molecular weight is 473 g/mol. The molecule has 2 saturated carbocycles. The summed E-state index contributed by atoms with van der Waals surface area (Å²) in [5.74, 6) is -3.35. The second-order valence-electron chi connectivity index (χ2n) is 10.6. The molecular weight excluding hydrogens is 440 g/mol. The van der Waals surface area contributed by atoms with E-state index in [0.29, 0.717) is 12.8 Å². The average Bonchev–Trinajstić information content (AvgIpc) is 3.39. The molecule has 0 aromatic rings. The molecule has 1 spiro atoms. The number of hydrogen-bond acceptors (Lipinski definition) is 8. The molecule has 8 heteroatoms. The molecule has 4 aliphatic carbocycles. The molecule has 0 N–H and O–H groups in total. The molecule has 0 amide bonds. The zero-order valence-corrected chi connectivity index (χ0v) is 20.6. The molecule has 0 unspecified atom stereocenters. The molecule has 0 bridgehead atoms. The fourth-order valence-corrected chi connectivity index (χ4v) is 6.69. The van der Waals surface area contributed by atoms with Crippen LogP contribution in [0, 0.1) is 28.6 Å². The molecule has 4 rings (SSSR count). The third-order valence-electron chi connectivity index (χ3n) is 8.43. The second-order valence-corrected chi connectivity index (χ2v) is 10.6. The Balaban J connectivity index is 2.01. The number of carbonyl (C=O) groups excluding carboxylic acids is 5. The summed E-state index contributed by atoms with van der Waals surface area (Å²) in [6.45, 7) is 13.7. The van der Waals surface area contributed by atoms with E-state index in [2.05, 4.69) is 6.58 Å². The van der Waals surface area contributed by atoms with E-state index < -0.39 is 58.8 Å². The summed E-state index contributed by atoms with van der Waals surface area (Å²) in [7, 11) is 0. The molecule has 4 aliphatic rings. The standard InChI is InChI=1S/C26H32O8/c1-11-8-9-25(7)18(13(11)3)22(33-15(5)28)21(32-14(4)27)17-19(25)20(30)24(34-16(6)29)26(23(17)31)10-12(26)2/h11-12,18,21-22,24H,3,8-10H2,1-2,4-7H3/t11-,12+,18+,21+,22+,24-,25+,26-/m1/s1. The van der Waals surface area contributed by atoms with Gasteiger partial charge in [0.05, 0.1) is 5.41 Å². The Labute approximate surface area is 199 Å². The Hall–Kier alpha value is -2.77. The lowest BCUT2D eigenvalue weighted by Gasteiger charge is -2.55. The van der Waals surface area contributed by atoms with Crippen molar-refractivity contribution >= 4 is 29.5 Å².